The van der Waals surface area contributed by atoms with Gasteiger partial charge in [-0.25, -0.2) is 4.79 Å². The SMILES string of the molecule is COc1ccc(CN2C[C@@]3(CC[C@H]4c5ccc(cc5C(=O)c5cccc(C(F)(F)F)c5)C[C@@H](O)CCC(C)=CCC[C@@]43C)OC2=O)c(OC)c1. The second-order valence-electron chi connectivity index (χ2n) is 14.2. The van der Waals surface area contributed by atoms with E-state index in [4.69, 9.17) is 14.2 Å². The van der Waals surface area contributed by atoms with Gasteiger partial charge in [0.25, 0.3) is 0 Å². The summed E-state index contributed by atoms with van der Waals surface area (Å²) in [6.45, 7) is 4.78. The van der Waals surface area contributed by atoms with E-state index in [1.807, 2.05) is 24.3 Å². The highest BCUT2D eigenvalue weighted by Gasteiger charge is 2.64. The lowest BCUT2D eigenvalue weighted by Gasteiger charge is -2.43. The average Bonchev–Trinajstić information content (AvgIpc) is 3.56. The second-order valence-corrected chi connectivity index (χ2v) is 14.2. The molecule has 1 heterocycles. The summed E-state index contributed by atoms with van der Waals surface area (Å²) < 4.78 is 58.5. The Morgan fingerprint density at radius 1 is 1.04 bits per heavy atom. The van der Waals surface area contributed by atoms with E-state index in [9.17, 15) is 27.9 Å². The lowest BCUT2D eigenvalue weighted by atomic mass is 9.64. The van der Waals surface area contributed by atoms with Crippen molar-refractivity contribution in [1.82, 2.24) is 4.90 Å². The number of carbonyl (C=O) groups is 2. The predicted molar refractivity (Wildman–Crippen MR) is 183 cm³/mol. The van der Waals surface area contributed by atoms with Gasteiger partial charge in [-0.2, -0.15) is 13.2 Å². The second kappa shape index (κ2) is 13.8. The van der Waals surface area contributed by atoms with Crippen molar-refractivity contribution in [3.05, 3.63) is 106 Å². The number of ether oxygens (including phenoxy) is 3. The molecule has 50 heavy (non-hydrogen) atoms. The monoisotopic (exact) mass is 691 g/mol. The van der Waals surface area contributed by atoms with Crippen LogP contribution in [0.1, 0.15) is 96.5 Å². The number of allylic oxidation sites excluding steroid dienone is 2. The predicted octanol–water partition coefficient (Wildman–Crippen LogP) is 8.65. The van der Waals surface area contributed by atoms with E-state index in [1.54, 1.807) is 31.3 Å². The topological polar surface area (TPSA) is 85.3 Å². The number of hydrogen-bond acceptors (Lipinski definition) is 6. The van der Waals surface area contributed by atoms with Gasteiger partial charge < -0.3 is 19.3 Å². The van der Waals surface area contributed by atoms with Crippen LogP contribution in [0.5, 0.6) is 11.5 Å². The van der Waals surface area contributed by atoms with Crippen molar-refractivity contribution in [2.45, 2.75) is 89.1 Å². The molecule has 1 aliphatic heterocycles. The van der Waals surface area contributed by atoms with Gasteiger partial charge in [0.1, 0.15) is 17.1 Å². The number of amides is 1. The third-order valence-electron chi connectivity index (χ3n) is 11.2. The molecule has 4 aliphatic rings. The van der Waals surface area contributed by atoms with E-state index in [1.165, 1.54) is 17.7 Å². The minimum absolute atomic E-state index is 0.0558. The normalized spacial score (nSPS) is 25.6. The molecule has 3 aliphatic carbocycles. The highest BCUT2D eigenvalue weighted by atomic mass is 19.4. The average molecular weight is 692 g/mol. The lowest BCUT2D eigenvalue weighted by Crippen LogP contribution is -2.48. The third-order valence-corrected chi connectivity index (χ3v) is 11.2. The molecule has 0 radical (unpaired) electrons. The number of carbonyl (C=O) groups excluding carboxylic acids is 2. The highest BCUT2D eigenvalue weighted by molar-refractivity contribution is 6.10. The summed E-state index contributed by atoms with van der Waals surface area (Å²) in [6, 6.07) is 15.5. The number of halogens is 3. The minimum atomic E-state index is -4.60. The van der Waals surface area contributed by atoms with E-state index in [2.05, 4.69) is 19.9 Å². The van der Waals surface area contributed by atoms with Crippen LogP contribution in [0, 0.1) is 5.41 Å². The number of alkyl halides is 3. The highest BCUT2D eigenvalue weighted by Crippen LogP contribution is 2.62. The number of aliphatic hydroxyl groups is 1. The molecule has 1 amide bonds. The molecule has 2 bridgehead atoms. The van der Waals surface area contributed by atoms with Crippen LogP contribution >= 0.6 is 0 Å². The molecule has 1 N–H and O–H groups in total. The molecule has 1 saturated heterocycles. The molecular weight excluding hydrogens is 647 g/mol. The first-order chi connectivity index (χ1) is 23.8. The molecule has 1 saturated carbocycles. The van der Waals surface area contributed by atoms with Crippen LogP contribution in [0.2, 0.25) is 0 Å². The molecule has 0 unspecified atom stereocenters. The van der Waals surface area contributed by atoms with Gasteiger partial charge in [-0.3, -0.25) is 9.69 Å². The van der Waals surface area contributed by atoms with Gasteiger partial charge in [0.2, 0.25) is 0 Å². The molecule has 266 valence electrons. The number of methoxy groups -OCH3 is 2. The van der Waals surface area contributed by atoms with Crippen LogP contribution in [-0.2, 0) is 23.9 Å². The van der Waals surface area contributed by atoms with Crippen molar-refractivity contribution >= 4 is 11.9 Å². The van der Waals surface area contributed by atoms with Crippen LogP contribution in [0.3, 0.4) is 0 Å². The number of ketones is 1. The minimum Gasteiger partial charge on any atom is -0.497 e. The summed E-state index contributed by atoms with van der Waals surface area (Å²) in [7, 11) is 3.14. The Labute approximate surface area is 291 Å². The quantitative estimate of drug-likeness (QED) is 0.206. The fraction of sp³-hybridized carbons (Fsp3) is 0.450. The standard InChI is InChI=1S/C40H44F3NO6/c1-25-7-6-17-38(2)34(16-18-39(38)24-44(37(47)50-39)23-28-12-14-31(48-3)22-35(28)49-4)32-15-11-26(19-30(45)13-10-25)20-33(32)36(46)27-8-5-9-29(21-27)40(41,42)43/h5,7-9,11-12,14-15,20-22,30,34,45H,6,10,13,16-19,23-24H2,1-4H3/t30-,34-,38-,39+/m0/s1. The van der Waals surface area contributed by atoms with Crippen LogP contribution in [0.15, 0.2) is 72.3 Å². The fourth-order valence-corrected chi connectivity index (χ4v) is 8.28. The Morgan fingerprint density at radius 3 is 2.58 bits per heavy atom. The van der Waals surface area contributed by atoms with Gasteiger partial charge in [-0.15, -0.1) is 0 Å². The maximum absolute atomic E-state index is 14.3. The molecule has 7 rings (SSSR count). The van der Waals surface area contributed by atoms with Crippen molar-refractivity contribution in [3.8, 4) is 11.5 Å². The van der Waals surface area contributed by atoms with E-state index in [0.29, 0.717) is 74.1 Å². The molecule has 7 nitrogen and oxygen atoms in total. The summed E-state index contributed by atoms with van der Waals surface area (Å²) in [5.74, 6) is 0.475. The first kappa shape index (κ1) is 35.5. The largest absolute Gasteiger partial charge is 0.497 e. The number of benzene rings is 3. The third kappa shape index (κ3) is 6.74. The van der Waals surface area contributed by atoms with E-state index in [-0.39, 0.29) is 18.0 Å². The molecule has 0 aromatic heterocycles. The fourth-order valence-electron chi connectivity index (χ4n) is 8.28. The van der Waals surface area contributed by atoms with Gasteiger partial charge in [-0.1, -0.05) is 42.8 Å². The van der Waals surface area contributed by atoms with Crippen molar-refractivity contribution in [3.63, 3.8) is 0 Å². The molecule has 3 aromatic carbocycles. The Kier molecular flexibility index (Phi) is 9.79. The van der Waals surface area contributed by atoms with Gasteiger partial charge >= 0.3 is 12.3 Å². The van der Waals surface area contributed by atoms with E-state index >= 15 is 0 Å². The molecule has 10 heteroatoms. The zero-order valence-corrected chi connectivity index (χ0v) is 28.9. The number of nitrogens with zero attached hydrogens (tertiary/aromatic N) is 1. The van der Waals surface area contributed by atoms with Crippen molar-refractivity contribution in [1.29, 1.82) is 0 Å². The van der Waals surface area contributed by atoms with E-state index < -0.39 is 40.7 Å². The number of rotatable bonds is 6. The zero-order chi connectivity index (χ0) is 35.8. The maximum atomic E-state index is 14.3. The Balaban J connectivity index is 1.42. The zero-order valence-electron chi connectivity index (χ0n) is 28.9. The summed E-state index contributed by atoms with van der Waals surface area (Å²) in [5, 5.41) is 10.9. The van der Waals surface area contributed by atoms with Gasteiger partial charge in [-0.05, 0) is 99.2 Å². The summed E-state index contributed by atoms with van der Waals surface area (Å²) in [5.41, 5.74) is 1.28. The number of aliphatic hydroxyl groups excluding tert-OH is 1. The first-order valence-electron chi connectivity index (χ1n) is 17.1. The molecule has 1 spiro atoms. The smallest absolute Gasteiger partial charge is 0.416 e. The van der Waals surface area contributed by atoms with Crippen molar-refractivity contribution < 1.29 is 42.1 Å². The Morgan fingerprint density at radius 2 is 1.84 bits per heavy atom. The number of hydrogen-bond donors (Lipinski definition) is 1. The van der Waals surface area contributed by atoms with E-state index in [0.717, 1.165) is 23.3 Å². The Bertz CT molecular complexity index is 1800. The van der Waals surface area contributed by atoms with Gasteiger partial charge in [0, 0.05) is 28.2 Å². The molecule has 2 fully saturated rings. The summed E-state index contributed by atoms with van der Waals surface area (Å²) >= 11 is 0. The summed E-state index contributed by atoms with van der Waals surface area (Å²) in [4.78, 5) is 29.6. The van der Waals surface area contributed by atoms with Crippen LogP contribution in [-0.4, -0.2) is 54.4 Å². The first-order valence-corrected chi connectivity index (χ1v) is 17.1. The summed E-state index contributed by atoms with van der Waals surface area (Å²) in [6.07, 6.45) is 0.544. The molecule has 4 atom stereocenters. The lowest BCUT2D eigenvalue weighted by molar-refractivity contribution is -0.137. The Hall–Kier alpha value is -4.31. The van der Waals surface area contributed by atoms with Crippen molar-refractivity contribution in [2.24, 2.45) is 5.41 Å². The maximum Gasteiger partial charge on any atom is 0.416 e. The van der Waals surface area contributed by atoms with Crippen LogP contribution in [0.25, 0.3) is 0 Å². The van der Waals surface area contributed by atoms with Crippen LogP contribution in [0.4, 0.5) is 18.0 Å². The van der Waals surface area contributed by atoms with Gasteiger partial charge in [0.15, 0.2) is 5.78 Å². The van der Waals surface area contributed by atoms with Gasteiger partial charge in [0.05, 0.1) is 39.0 Å². The van der Waals surface area contributed by atoms with Crippen molar-refractivity contribution in [2.75, 3.05) is 20.8 Å². The van der Waals surface area contributed by atoms with Crippen LogP contribution < -0.4 is 9.47 Å². The number of fused-ring (bicyclic) bond motifs is 8. The molecule has 3 aromatic rings. The molecular formula is C40H44F3NO6.